The van der Waals surface area contributed by atoms with E-state index in [1.807, 2.05) is 49.1 Å². The largest absolute Gasteiger partial charge is 0.384 e. The fourth-order valence-electron chi connectivity index (χ4n) is 5.00. The third-order valence-corrected chi connectivity index (χ3v) is 7.36. The number of nitrogens with one attached hydrogen (secondary N) is 1. The lowest BCUT2D eigenvalue weighted by molar-refractivity contribution is -0.160. The third-order valence-electron chi connectivity index (χ3n) is 7.11. The number of nitrogens with zero attached hydrogens (tertiary/aromatic N) is 1. The second-order valence-electron chi connectivity index (χ2n) is 9.68. The first kappa shape index (κ1) is 23.7. The van der Waals surface area contributed by atoms with Crippen molar-refractivity contribution in [2.45, 2.75) is 38.3 Å². The molecule has 2 aromatic rings. The molecule has 0 saturated carbocycles. The number of aliphatic hydroxyl groups is 1. The highest BCUT2D eigenvalue weighted by Crippen LogP contribution is 2.46. The van der Waals surface area contributed by atoms with Gasteiger partial charge in [0.1, 0.15) is 0 Å². The molecule has 33 heavy (non-hydrogen) atoms. The highest BCUT2D eigenvalue weighted by molar-refractivity contribution is 6.30. The lowest BCUT2D eigenvalue weighted by Gasteiger charge is -2.51. The summed E-state index contributed by atoms with van der Waals surface area (Å²) in [5, 5.41) is 15.3. The predicted molar refractivity (Wildman–Crippen MR) is 127 cm³/mol. The van der Waals surface area contributed by atoms with Crippen molar-refractivity contribution in [2.75, 3.05) is 26.3 Å². The van der Waals surface area contributed by atoms with Crippen molar-refractivity contribution in [1.29, 1.82) is 0 Å². The minimum Gasteiger partial charge on any atom is -0.384 e. The Labute approximate surface area is 199 Å². The van der Waals surface area contributed by atoms with E-state index in [0.717, 1.165) is 5.56 Å². The zero-order valence-corrected chi connectivity index (χ0v) is 19.8. The second-order valence-corrected chi connectivity index (χ2v) is 10.1. The Bertz CT molecular complexity index is 995. The average molecular weight is 471 g/mol. The topological polar surface area (TPSA) is 78.9 Å². The van der Waals surface area contributed by atoms with E-state index in [0.29, 0.717) is 43.1 Å². The van der Waals surface area contributed by atoms with Crippen LogP contribution in [0.1, 0.15) is 42.6 Å². The molecule has 0 bridgehead atoms. The van der Waals surface area contributed by atoms with Gasteiger partial charge in [-0.1, -0.05) is 55.8 Å². The monoisotopic (exact) mass is 470 g/mol. The van der Waals surface area contributed by atoms with Crippen molar-refractivity contribution in [2.24, 2.45) is 11.3 Å². The first-order chi connectivity index (χ1) is 15.7. The molecule has 0 spiro atoms. The van der Waals surface area contributed by atoms with Crippen LogP contribution in [0.15, 0.2) is 54.6 Å². The Balaban J connectivity index is 1.48. The molecule has 1 unspecified atom stereocenters. The smallest absolute Gasteiger partial charge is 0.251 e. The minimum atomic E-state index is -1.07. The molecule has 2 saturated heterocycles. The number of carbonyl (C=O) groups is 2. The molecule has 2 aromatic carbocycles. The minimum absolute atomic E-state index is 0.0423. The first-order valence-electron chi connectivity index (χ1n) is 11.4. The van der Waals surface area contributed by atoms with Gasteiger partial charge in [-0.05, 0) is 42.7 Å². The molecule has 7 heteroatoms. The van der Waals surface area contributed by atoms with E-state index in [-0.39, 0.29) is 24.5 Å². The summed E-state index contributed by atoms with van der Waals surface area (Å²) in [6.07, 6.45) is 1.00. The summed E-state index contributed by atoms with van der Waals surface area (Å²) in [4.78, 5) is 28.1. The first-order valence-corrected chi connectivity index (χ1v) is 11.8. The van der Waals surface area contributed by atoms with Gasteiger partial charge in [0.25, 0.3) is 5.91 Å². The molecule has 2 amide bonds. The van der Waals surface area contributed by atoms with E-state index < -0.39 is 16.9 Å². The molecule has 0 aliphatic carbocycles. The van der Waals surface area contributed by atoms with Crippen LogP contribution in [0.4, 0.5) is 0 Å². The summed E-state index contributed by atoms with van der Waals surface area (Å²) in [6.45, 7) is 5.57. The van der Waals surface area contributed by atoms with Gasteiger partial charge in [0.15, 0.2) is 0 Å². The van der Waals surface area contributed by atoms with Crippen molar-refractivity contribution in [3.8, 4) is 0 Å². The van der Waals surface area contributed by atoms with Crippen molar-refractivity contribution < 1.29 is 19.4 Å². The molecule has 2 aliphatic heterocycles. The van der Waals surface area contributed by atoms with E-state index in [1.54, 1.807) is 24.3 Å². The van der Waals surface area contributed by atoms with Crippen LogP contribution >= 0.6 is 11.6 Å². The van der Waals surface area contributed by atoms with Gasteiger partial charge >= 0.3 is 0 Å². The van der Waals surface area contributed by atoms with Crippen molar-refractivity contribution in [1.82, 2.24) is 10.2 Å². The van der Waals surface area contributed by atoms with Gasteiger partial charge in [-0.3, -0.25) is 9.59 Å². The summed E-state index contributed by atoms with van der Waals surface area (Å²) < 4.78 is 5.62. The predicted octanol–water partition coefficient (Wildman–Crippen LogP) is 3.62. The summed E-state index contributed by atoms with van der Waals surface area (Å²) in [5.41, 5.74) is -0.272. The standard InChI is InChI=1S/C26H31ClN2O4/c1-25(2)17-29(14-13-26(25,32)19-8-10-20(27)11-9-19)24(31)21-16-33-15-12-22(21)28-23(30)18-6-4-3-5-7-18/h3-11,21-22,32H,12-17H2,1-2H3,(H,28,30)/t21-,22+,26?/m0/s1. The van der Waals surface area contributed by atoms with Crippen LogP contribution in [0, 0.1) is 11.3 Å². The maximum atomic E-state index is 13.6. The molecule has 2 N–H and O–H groups in total. The van der Waals surface area contributed by atoms with E-state index in [9.17, 15) is 14.7 Å². The van der Waals surface area contributed by atoms with Crippen molar-refractivity contribution in [3.05, 3.63) is 70.7 Å². The fourth-order valence-corrected chi connectivity index (χ4v) is 5.13. The number of amides is 2. The fraction of sp³-hybridized carbons (Fsp3) is 0.462. The SMILES string of the molecule is CC1(C)CN(C(=O)[C@H]2COCC[C@H]2NC(=O)c2ccccc2)CCC1(O)c1ccc(Cl)cc1. The van der Waals surface area contributed by atoms with Crippen molar-refractivity contribution >= 4 is 23.4 Å². The van der Waals surface area contributed by atoms with Crippen LogP contribution in [-0.2, 0) is 15.1 Å². The average Bonchev–Trinajstić information content (AvgIpc) is 2.81. The maximum absolute atomic E-state index is 13.6. The van der Waals surface area contributed by atoms with Gasteiger partial charge in [0.05, 0.1) is 18.1 Å². The number of halogens is 1. The molecule has 2 fully saturated rings. The van der Waals surface area contributed by atoms with Crippen LogP contribution in [-0.4, -0.2) is 54.2 Å². The maximum Gasteiger partial charge on any atom is 0.251 e. The van der Waals surface area contributed by atoms with Crippen molar-refractivity contribution in [3.63, 3.8) is 0 Å². The molecular formula is C26H31ClN2O4. The number of hydrogen-bond donors (Lipinski definition) is 2. The molecule has 2 heterocycles. The van der Waals surface area contributed by atoms with Crippen LogP contribution in [0.2, 0.25) is 5.02 Å². The number of rotatable bonds is 4. The Kier molecular flexibility index (Phi) is 6.80. The van der Waals surface area contributed by atoms with Gasteiger partial charge in [-0.25, -0.2) is 0 Å². The zero-order chi connectivity index (χ0) is 23.6. The zero-order valence-electron chi connectivity index (χ0n) is 19.1. The summed E-state index contributed by atoms with van der Waals surface area (Å²) in [5.74, 6) is -0.681. The van der Waals surface area contributed by atoms with E-state index in [4.69, 9.17) is 16.3 Å². The summed E-state index contributed by atoms with van der Waals surface area (Å²) in [7, 11) is 0. The molecule has 176 valence electrons. The van der Waals surface area contributed by atoms with E-state index in [1.165, 1.54) is 0 Å². The second kappa shape index (κ2) is 9.45. The van der Waals surface area contributed by atoms with Gasteiger partial charge < -0.3 is 20.1 Å². The number of likely N-dealkylation sites (tertiary alicyclic amines) is 1. The Morgan fingerprint density at radius 3 is 2.48 bits per heavy atom. The molecular weight excluding hydrogens is 440 g/mol. The number of ether oxygens (including phenoxy) is 1. The highest BCUT2D eigenvalue weighted by Gasteiger charge is 2.50. The quantitative estimate of drug-likeness (QED) is 0.715. The molecule has 0 aromatic heterocycles. The normalized spacial score (nSPS) is 27.1. The number of carbonyl (C=O) groups excluding carboxylic acids is 2. The lowest BCUT2D eigenvalue weighted by atomic mass is 9.66. The van der Waals surface area contributed by atoms with Crippen LogP contribution in [0.3, 0.4) is 0 Å². The number of hydrogen-bond acceptors (Lipinski definition) is 4. The summed E-state index contributed by atoms with van der Waals surface area (Å²) in [6, 6.07) is 16.0. The van der Waals surface area contributed by atoms with Crippen LogP contribution < -0.4 is 5.32 Å². The Morgan fingerprint density at radius 2 is 1.82 bits per heavy atom. The number of piperidine rings is 1. The van der Waals surface area contributed by atoms with Gasteiger partial charge in [-0.2, -0.15) is 0 Å². The Morgan fingerprint density at radius 1 is 1.12 bits per heavy atom. The van der Waals surface area contributed by atoms with Crippen LogP contribution in [0.25, 0.3) is 0 Å². The lowest BCUT2D eigenvalue weighted by Crippen LogP contribution is -2.60. The molecule has 4 rings (SSSR count). The van der Waals surface area contributed by atoms with Gasteiger partial charge in [0, 0.05) is 41.7 Å². The van der Waals surface area contributed by atoms with Gasteiger partial charge in [-0.15, -0.1) is 0 Å². The van der Waals surface area contributed by atoms with E-state index in [2.05, 4.69) is 5.32 Å². The molecule has 6 nitrogen and oxygen atoms in total. The molecule has 0 radical (unpaired) electrons. The third kappa shape index (κ3) is 4.79. The van der Waals surface area contributed by atoms with E-state index >= 15 is 0 Å². The molecule has 2 aliphatic rings. The Hall–Kier alpha value is -2.41. The highest BCUT2D eigenvalue weighted by atomic mass is 35.5. The molecule has 3 atom stereocenters. The number of benzene rings is 2. The van der Waals surface area contributed by atoms with Crippen LogP contribution in [0.5, 0.6) is 0 Å². The summed E-state index contributed by atoms with van der Waals surface area (Å²) >= 11 is 6.03. The van der Waals surface area contributed by atoms with Gasteiger partial charge in [0.2, 0.25) is 5.91 Å².